The summed E-state index contributed by atoms with van der Waals surface area (Å²) in [7, 11) is 0. The van der Waals surface area contributed by atoms with Crippen molar-refractivity contribution in [3.63, 3.8) is 0 Å². The molecule has 0 amide bonds. The molecule has 2 aliphatic rings. The minimum atomic E-state index is -0.543. The molecular formula is C30H20N4O8. The van der Waals surface area contributed by atoms with Crippen LogP contribution in [0.15, 0.2) is 95.2 Å². The Balaban J connectivity index is 0.000000168. The fourth-order valence-corrected chi connectivity index (χ4v) is 4.71. The van der Waals surface area contributed by atoms with Crippen LogP contribution in [0.1, 0.15) is 36.1 Å². The molecule has 12 heteroatoms. The molecule has 0 unspecified atom stereocenters. The van der Waals surface area contributed by atoms with Gasteiger partial charge >= 0.3 is 11.9 Å². The van der Waals surface area contributed by atoms with Crippen molar-refractivity contribution in [1.29, 1.82) is 0 Å². The van der Waals surface area contributed by atoms with Crippen LogP contribution in [0.5, 0.6) is 0 Å². The second kappa shape index (κ2) is 11.2. The molecule has 0 atom stereocenters. The topological polar surface area (TPSA) is 164 Å². The summed E-state index contributed by atoms with van der Waals surface area (Å²) in [6, 6.07) is 24.0. The minimum absolute atomic E-state index is 0.0305. The first-order chi connectivity index (χ1) is 20.2. The van der Waals surface area contributed by atoms with Gasteiger partial charge in [0.25, 0.3) is 11.4 Å². The zero-order chi connectivity index (χ0) is 30.0. The van der Waals surface area contributed by atoms with Crippen LogP contribution >= 0.6 is 0 Å². The lowest BCUT2D eigenvalue weighted by molar-refractivity contribution is -0.385. The predicted molar refractivity (Wildman–Crippen MR) is 152 cm³/mol. The summed E-state index contributed by atoms with van der Waals surface area (Å²) < 4.78 is 0. The van der Waals surface area contributed by atoms with Crippen LogP contribution in [0.3, 0.4) is 0 Å². The molecule has 4 aromatic carbocycles. The maximum atomic E-state index is 11.0. The molecule has 0 aliphatic heterocycles. The Morgan fingerprint density at radius 1 is 0.548 bits per heavy atom. The number of carbonyl (C=O) groups is 2. The molecular weight excluding hydrogens is 544 g/mol. The molecule has 4 aromatic rings. The van der Waals surface area contributed by atoms with E-state index in [4.69, 9.17) is 9.68 Å². The summed E-state index contributed by atoms with van der Waals surface area (Å²) in [6.45, 7) is 2.50. The van der Waals surface area contributed by atoms with Gasteiger partial charge in [0, 0.05) is 60.4 Å². The average molecular weight is 565 g/mol. The van der Waals surface area contributed by atoms with Gasteiger partial charge in [-0.05, 0) is 34.4 Å². The highest BCUT2D eigenvalue weighted by molar-refractivity contribution is 6.25. The molecule has 42 heavy (non-hydrogen) atoms. The number of oxime groups is 2. The van der Waals surface area contributed by atoms with Crippen molar-refractivity contribution < 1.29 is 29.1 Å². The fraction of sp³-hybridized carbons (Fsp3) is 0.0667. The third-order valence-corrected chi connectivity index (χ3v) is 6.41. The first kappa shape index (κ1) is 27.5. The van der Waals surface area contributed by atoms with Gasteiger partial charge in [0.05, 0.1) is 9.85 Å². The predicted octanol–water partition coefficient (Wildman–Crippen LogP) is 5.78. The van der Waals surface area contributed by atoms with Crippen molar-refractivity contribution in [2.24, 2.45) is 10.3 Å². The van der Waals surface area contributed by atoms with Crippen LogP contribution in [0, 0.1) is 20.2 Å². The molecule has 0 N–H and O–H groups in total. The van der Waals surface area contributed by atoms with E-state index in [0.29, 0.717) is 22.6 Å². The Bertz CT molecular complexity index is 1730. The molecule has 12 nitrogen and oxygen atoms in total. The zero-order valence-electron chi connectivity index (χ0n) is 22.1. The van der Waals surface area contributed by atoms with Gasteiger partial charge in [-0.1, -0.05) is 58.8 Å². The smallest absolute Gasteiger partial charge is 0.318 e. The van der Waals surface area contributed by atoms with E-state index in [1.54, 1.807) is 12.1 Å². The normalized spacial score (nSPS) is 13.7. The second-order valence-corrected chi connectivity index (χ2v) is 9.11. The molecule has 0 saturated heterocycles. The lowest BCUT2D eigenvalue weighted by atomic mass is 10.1. The van der Waals surface area contributed by atoms with E-state index < -0.39 is 21.8 Å². The molecule has 208 valence electrons. The SMILES string of the molecule is CC(=O)O/N=C1\c2ccccc2-c2ccc([N+](=O)[O-])cc21.CC(=O)O/N=C1\c2ccccc2-c2ccc([N+](=O)[O-])cc21. The van der Waals surface area contributed by atoms with Crippen LogP contribution in [0.4, 0.5) is 11.4 Å². The highest BCUT2D eigenvalue weighted by Crippen LogP contribution is 2.39. The van der Waals surface area contributed by atoms with Gasteiger partial charge in [-0.25, -0.2) is 9.59 Å². The zero-order valence-corrected chi connectivity index (χ0v) is 22.1. The number of benzene rings is 4. The summed E-state index contributed by atoms with van der Waals surface area (Å²) in [4.78, 5) is 52.3. The van der Waals surface area contributed by atoms with Crippen LogP contribution in [0.2, 0.25) is 0 Å². The van der Waals surface area contributed by atoms with Gasteiger partial charge < -0.3 is 9.68 Å². The maximum absolute atomic E-state index is 11.0. The van der Waals surface area contributed by atoms with E-state index in [1.807, 2.05) is 48.5 Å². The fourth-order valence-electron chi connectivity index (χ4n) is 4.71. The number of hydrogen-bond donors (Lipinski definition) is 0. The summed E-state index contributed by atoms with van der Waals surface area (Å²) in [5.41, 5.74) is 7.04. The van der Waals surface area contributed by atoms with Gasteiger partial charge in [0.2, 0.25) is 0 Å². The summed E-state index contributed by atoms with van der Waals surface area (Å²) in [5.74, 6) is -1.09. The monoisotopic (exact) mass is 564 g/mol. The molecule has 0 aromatic heterocycles. The van der Waals surface area contributed by atoms with Gasteiger partial charge in [0.1, 0.15) is 11.4 Å². The Morgan fingerprint density at radius 3 is 1.21 bits per heavy atom. The molecule has 0 fully saturated rings. The summed E-state index contributed by atoms with van der Waals surface area (Å²) in [5, 5.41) is 29.6. The number of fused-ring (bicyclic) bond motifs is 6. The molecule has 0 radical (unpaired) electrons. The first-order valence-corrected chi connectivity index (χ1v) is 12.4. The number of nitrogens with zero attached hydrogens (tertiary/aromatic N) is 4. The van der Waals surface area contributed by atoms with E-state index in [2.05, 4.69) is 10.3 Å². The van der Waals surface area contributed by atoms with Gasteiger partial charge in [-0.2, -0.15) is 0 Å². The molecule has 0 spiro atoms. The largest absolute Gasteiger partial charge is 0.332 e. The van der Waals surface area contributed by atoms with E-state index in [1.165, 1.54) is 38.1 Å². The Morgan fingerprint density at radius 2 is 0.881 bits per heavy atom. The van der Waals surface area contributed by atoms with Crippen molar-refractivity contribution >= 4 is 34.7 Å². The molecule has 0 bridgehead atoms. The number of nitro benzene ring substituents is 2. The number of rotatable bonds is 4. The van der Waals surface area contributed by atoms with Crippen molar-refractivity contribution in [2.45, 2.75) is 13.8 Å². The van der Waals surface area contributed by atoms with E-state index in [0.717, 1.165) is 33.4 Å². The quantitative estimate of drug-likeness (QED) is 0.148. The van der Waals surface area contributed by atoms with E-state index in [-0.39, 0.29) is 11.4 Å². The van der Waals surface area contributed by atoms with Gasteiger partial charge in [0.15, 0.2) is 0 Å². The Kier molecular flexibility index (Phi) is 7.35. The summed E-state index contributed by atoms with van der Waals surface area (Å²) >= 11 is 0. The van der Waals surface area contributed by atoms with Crippen LogP contribution in [-0.2, 0) is 19.3 Å². The first-order valence-electron chi connectivity index (χ1n) is 12.4. The van der Waals surface area contributed by atoms with Crippen LogP contribution < -0.4 is 0 Å². The standard InChI is InChI=1S/2C15H10N2O4/c2*1-9(18)21-16-15-13-5-3-2-4-11(13)12-7-6-10(17(19)20)8-14(12)15/h2*2-8H,1H3/b2*16-15+. The highest BCUT2D eigenvalue weighted by Gasteiger charge is 2.28. The number of carbonyl (C=O) groups excluding carboxylic acids is 2. The number of nitro groups is 2. The van der Waals surface area contributed by atoms with Crippen LogP contribution in [0.25, 0.3) is 22.3 Å². The van der Waals surface area contributed by atoms with Gasteiger partial charge in [-0.15, -0.1) is 0 Å². The number of non-ortho nitro benzene ring substituents is 2. The van der Waals surface area contributed by atoms with Crippen molar-refractivity contribution in [2.75, 3.05) is 0 Å². The maximum Gasteiger partial charge on any atom is 0.332 e. The lowest BCUT2D eigenvalue weighted by Gasteiger charge is -2.00. The third kappa shape index (κ3) is 5.23. The Hall–Kier alpha value is -6.04. The van der Waals surface area contributed by atoms with E-state index in [9.17, 15) is 29.8 Å². The van der Waals surface area contributed by atoms with Crippen molar-refractivity contribution in [3.8, 4) is 22.3 Å². The molecule has 0 saturated carbocycles. The van der Waals surface area contributed by atoms with E-state index >= 15 is 0 Å². The summed E-state index contributed by atoms with van der Waals surface area (Å²) in [6.07, 6.45) is 0. The minimum Gasteiger partial charge on any atom is -0.318 e. The Labute approximate surface area is 237 Å². The molecule has 6 rings (SSSR count). The van der Waals surface area contributed by atoms with Crippen molar-refractivity contribution in [1.82, 2.24) is 0 Å². The third-order valence-electron chi connectivity index (χ3n) is 6.41. The second-order valence-electron chi connectivity index (χ2n) is 9.11. The average Bonchev–Trinajstić information content (AvgIpc) is 3.46. The van der Waals surface area contributed by atoms with Crippen LogP contribution in [-0.4, -0.2) is 33.2 Å². The van der Waals surface area contributed by atoms with Crippen molar-refractivity contribution in [3.05, 3.63) is 127 Å². The lowest BCUT2D eigenvalue weighted by Crippen LogP contribution is -2.02. The molecule has 0 heterocycles. The highest BCUT2D eigenvalue weighted by atomic mass is 16.7. The molecule has 2 aliphatic carbocycles. The number of hydrogen-bond acceptors (Lipinski definition) is 10. The van der Waals surface area contributed by atoms with Gasteiger partial charge in [-0.3, -0.25) is 20.2 Å².